The van der Waals surface area contributed by atoms with Gasteiger partial charge in [-0.05, 0) is 13.5 Å². The Morgan fingerprint density at radius 2 is 2.33 bits per heavy atom. The summed E-state index contributed by atoms with van der Waals surface area (Å²) in [6.07, 6.45) is 1.33. The highest BCUT2D eigenvalue weighted by atomic mass is 32.2. The van der Waals surface area contributed by atoms with E-state index < -0.39 is 0 Å². The summed E-state index contributed by atoms with van der Waals surface area (Å²) in [6, 6.07) is 0. The number of hydrogen-bond acceptors (Lipinski definition) is 4. The van der Waals surface area contributed by atoms with E-state index in [1.165, 1.54) is 5.75 Å². The maximum atomic E-state index is 11.6. The van der Waals surface area contributed by atoms with Gasteiger partial charge in [-0.2, -0.15) is 0 Å². The van der Waals surface area contributed by atoms with Crippen molar-refractivity contribution in [3.63, 3.8) is 0 Å². The lowest BCUT2D eigenvalue weighted by molar-refractivity contribution is -0.131. The van der Waals surface area contributed by atoms with Gasteiger partial charge in [-0.1, -0.05) is 0 Å². The van der Waals surface area contributed by atoms with E-state index in [9.17, 15) is 4.79 Å². The molecule has 0 aromatic rings. The third kappa shape index (κ3) is 2.00. The van der Waals surface area contributed by atoms with Crippen LogP contribution in [0.5, 0.6) is 0 Å². The van der Waals surface area contributed by atoms with Crippen LogP contribution in [0.3, 0.4) is 0 Å². The van der Waals surface area contributed by atoms with Crippen LogP contribution >= 0.6 is 11.8 Å². The summed E-state index contributed by atoms with van der Waals surface area (Å²) in [5.41, 5.74) is 0. The smallest absolute Gasteiger partial charge is 0.224 e. The molecule has 2 heterocycles. The number of aliphatic hydroxyl groups excluding tert-OH is 1. The monoisotopic (exact) mass is 230 g/mol. The lowest BCUT2D eigenvalue weighted by Gasteiger charge is -2.30. The number of likely N-dealkylation sites (N-methyl/N-ethyl adjacent to an activating group) is 1. The molecule has 86 valence electrons. The number of carbonyl (C=O) groups excluding carboxylic acids is 1. The molecule has 0 aromatic heterocycles. The summed E-state index contributed by atoms with van der Waals surface area (Å²) < 4.78 is 0. The second-order valence-electron chi connectivity index (χ2n) is 4.26. The Balaban J connectivity index is 1.97. The average Bonchev–Trinajstić information content (AvgIpc) is 2.77. The summed E-state index contributed by atoms with van der Waals surface area (Å²) >= 11 is 1.97. The van der Waals surface area contributed by atoms with Crippen molar-refractivity contribution in [1.82, 2.24) is 9.80 Å². The lowest BCUT2D eigenvalue weighted by atomic mass is 10.2. The van der Waals surface area contributed by atoms with Crippen LogP contribution in [0.1, 0.15) is 12.8 Å². The van der Waals surface area contributed by atoms with E-state index in [0.717, 1.165) is 26.1 Å². The molecular formula is C10H18N2O2S. The molecule has 0 aliphatic carbocycles. The molecule has 1 spiro atoms. The lowest BCUT2D eigenvalue weighted by Crippen LogP contribution is -2.42. The van der Waals surface area contributed by atoms with Crippen molar-refractivity contribution in [3.05, 3.63) is 0 Å². The molecule has 0 radical (unpaired) electrons. The highest BCUT2D eigenvalue weighted by molar-refractivity contribution is 8.00. The Morgan fingerprint density at radius 1 is 1.53 bits per heavy atom. The maximum absolute atomic E-state index is 11.6. The summed E-state index contributed by atoms with van der Waals surface area (Å²) in [5, 5.41) is 8.74. The molecule has 15 heavy (non-hydrogen) atoms. The Morgan fingerprint density at radius 3 is 2.93 bits per heavy atom. The Labute approximate surface area is 94.6 Å². The zero-order valence-corrected chi connectivity index (χ0v) is 9.92. The van der Waals surface area contributed by atoms with E-state index in [-0.39, 0.29) is 23.8 Å². The zero-order chi connectivity index (χ0) is 10.9. The predicted octanol–water partition coefficient (Wildman–Crippen LogP) is -0.0240. The summed E-state index contributed by atoms with van der Waals surface area (Å²) in [4.78, 5) is 16.1. The number of amides is 1. The minimum Gasteiger partial charge on any atom is -0.396 e. The standard InChI is InChI=1S/C10H18N2O2S/c1-11-5-7-15-10(11)3-4-12(8-10)9(14)2-6-13/h13H,2-8H2,1H3. The number of nitrogens with zero attached hydrogens (tertiary/aromatic N) is 2. The van der Waals surface area contributed by atoms with Crippen LogP contribution in [0.15, 0.2) is 0 Å². The maximum Gasteiger partial charge on any atom is 0.224 e. The van der Waals surface area contributed by atoms with Gasteiger partial charge in [0.2, 0.25) is 5.91 Å². The van der Waals surface area contributed by atoms with Crippen LogP contribution in [0.4, 0.5) is 0 Å². The third-order valence-corrected chi connectivity index (χ3v) is 4.95. The SMILES string of the molecule is CN1CCSC12CCN(C(=O)CCO)C2. The third-order valence-electron chi connectivity index (χ3n) is 3.38. The molecular weight excluding hydrogens is 212 g/mol. The molecule has 2 aliphatic rings. The summed E-state index contributed by atoms with van der Waals surface area (Å²) in [7, 11) is 2.14. The molecule has 2 fully saturated rings. The largest absolute Gasteiger partial charge is 0.396 e. The highest BCUT2D eigenvalue weighted by Crippen LogP contribution is 2.41. The Kier molecular flexibility index (Phi) is 3.23. The van der Waals surface area contributed by atoms with Gasteiger partial charge in [-0.25, -0.2) is 0 Å². The number of likely N-dealkylation sites (tertiary alicyclic amines) is 1. The van der Waals surface area contributed by atoms with Crippen molar-refractivity contribution < 1.29 is 9.90 Å². The molecule has 1 amide bonds. The van der Waals surface area contributed by atoms with Gasteiger partial charge in [0.05, 0.1) is 11.5 Å². The molecule has 0 aromatic carbocycles. The van der Waals surface area contributed by atoms with Gasteiger partial charge < -0.3 is 10.0 Å². The fraction of sp³-hybridized carbons (Fsp3) is 0.900. The second kappa shape index (κ2) is 4.31. The van der Waals surface area contributed by atoms with Crippen LogP contribution in [-0.2, 0) is 4.79 Å². The van der Waals surface area contributed by atoms with Gasteiger partial charge in [-0.15, -0.1) is 11.8 Å². The highest BCUT2D eigenvalue weighted by Gasteiger charge is 2.46. The predicted molar refractivity (Wildman–Crippen MR) is 60.7 cm³/mol. The molecule has 1 atom stereocenters. The first kappa shape index (κ1) is 11.2. The topological polar surface area (TPSA) is 43.8 Å². The van der Waals surface area contributed by atoms with E-state index >= 15 is 0 Å². The quantitative estimate of drug-likeness (QED) is 0.724. The first-order chi connectivity index (χ1) is 7.18. The number of aliphatic hydroxyl groups is 1. The van der Waals surface area contributed by atoms with Gasteiger partial charge in [0.15, 0.2) is 0 Å². The van der Waals surface area contributed by atoms with Crippen LogP contribution in [0, 0.1) is 0 Å². The minimum absolute atomic E-state index is 0.0364. The first-order valence-electron chi connectivity index (χ1n) is 5.42. The van der Waals surface area contributed by atoms with E-state index in [2.05, 4.69) is 11.9 Å². The van der Waals surface area contributed by atoms with Crippen LogP contribution in [0.2, 0.25) is 0 Å². The fourth-order valence-electron chi connectivity index (χ4n) is 2.35. The van der Waals surface area contributed by atoms with Gasteiger partial charge >= 0.3 is 0 Å². The zero-order valence-electron chi connectivity index (χ0n) is 9.11. The number of carbonyl (C=O) groups is 1. The molecule has 0 saturated carbocycles. The van der Waals surface area contributed by atoms with E-state index in [0.29, 0.717) is 0 Å². The Hall–Kier alpha value is -0.260. The average molecular weight is 230 g/mol. The summed E-state index contributed by atoms with van der Waals surface area (Å²) in [5.74, 6) is 1.26. The second-order valence-corrected chi connectivity index (χ2v) is 5.71. The van der Waals surface area contributed by atoms with Crippen molar-refractivity contribution in [1.29, 1.82) is 0 Å². The Bertz CT molecular complexity index is 262. The van der Waals surface area contributed by atoms with E-state index in [1.54, 1.807) is 0 Å². The number of rotatable bonds is 2. The molecule has 2 rings (SSSR count). The number of thioether (sulfide) groups is 1. The fourth-order valence-corrected chi connectivity index (χ4v) is 3.89. The molecule has 2 saturated heterocycles. The molecule has 4 nitrogen and oxygen atoms in total. The van der Waals surface area contributed by atoms with Crippen molar-refractivity contribution in [2.24, 2.45) is 0 Å². The van der Waals surface area contributed by atoms with E-state index in [1.807, 2.05) is 16.7 Å². The minimum atomic E-state index is -0.0364. The van der Waals surface area contributed by atoms with E-state index in [4.69, 9.17) is 5.11 Å². The van der Waals surface area contributed by atoms with Crippen LogP contribution in [-0.4, -0.2) is 64.7 Å². The molecule has 1 unspecified atom stereocenters. The van der Waals surface area contributed by atoms with Gasteiger partial charge in [0, 0.05) is 31.8 Å². The van der Waals surface area contributed by atoms with Crippen LogP contribution < -0.4 is 0 Å². The first-order valence-corrected chi connectivity index (χ1v) is 6.40. The molecule has 2 aliphatic heterocycles. The van der Waals surface area contributed by atoms with Gasteiger partial charge in [0.1, 0.15) is 0 Å². The van der Waals surface area contributed by atoms with Crippen molar-refractivity contribution in [2.75, 3.05) is 39.0 Å². The van der Waals surface area contributed by atoms with Crippen LogP contribution in [0.25, 0.3) is 0 Å². The molecule has 0 bridgehead atoms. The van der Waals surface area contributed by atoms with Gasteiger partial charge in [0.25, 0.3) is 0 Å². The molecule has 5 heteroatoms. The van der Waals surface area contributed by atoms with Gasteiger partial charge in [-0.3, -0.25) is 9.69 Å². The van der Waals surface area contributed by atoms with Crippen molar-refractivity contribution in [3.8, 4) is 0 Å². The summed E-state index contributed by atoms with van der Waals surface area (Å²) in [6.45, 7) is 2.75. The normalized spacial score (nSPS) is 31.7. The molecule has 1 N–H and O–H groups in total. The number of hydrogen-bond donors (Lipinski definition) is 1. The van der Waals surface area contributed by atoms with Crippen molar-refractivity contribution >= 4 is 17.7 Å². The van der Waals surface area contributed by atoms with Crippen molar-refractivity contribution in [2.45, 2.75) is 17.7 Å².